The largest absolute Gasteiger partial charge is 0.380 e. The van der Waals surface area contributed by atoms with Crippen LogP contribution in [0.25, 0.3) is 23.3 Å². The van der Waals surface area contributed by atoms with Gasteiger partial charge in [0, 0.05) is 40.4 Å². The van der Waals surface area contributed by atoms with Crippen molar-refractivity contribution in [2.75, 3.05) is 0 Å². The first kappa shape index (κ1) is 27.7. The summed E-state index contributed by atoms with van der Waals surface area (Å²) in [6, 6.07) is 13.2. The molecule has 0 bridgehead atoms. The van der Waals surface area contributed by atoms with Crippen LogP contribution in [0.5, 0.6) is 0 Å². The Morgan fingerprint density at radius 1 is 0.769 bits per heavy atom. The van der Waals surface area contributed by atoms with E-state index in [4.69, 9.17) is 10.5 Å². The van der Waals surface area contributed by atoms with Crippen molar-refractivity contribution in [2.45, 2.75) is 41.4 Å². The lowest BCUT2D eigenvalue weighted by Gasteiger charge is -2.25. The Balaban J connectivity index is 1.68. The van der Waals surface area contributed by atoms with Crippen molar-refractivity contribution in [3.63, 3.8) is 0 Å². The van der Waals surface area contributed by atoms with Crippen LogP contribution in [-0.2, 0) is 0 Å². The minimum Gasteiger partial charge on any atom is -0.194 e. The van der Waals surface area contributed by atoms with E-state index in [0.29, 0.717) is 4.88 Å². The van der Waals surface area contributed by atoms with Gasteiger partial charge in [-0.2, -0.15) is 36.9 Å². The standard InChI is InChI=1S/C27H14F6N2S4/c1-13-18(8-16(36-13)7-15(11-34)12-35)23-24(26(30,31)27(32,33)25(23,28)29)19-9-17(37-14(19)2)10-22-38-20-5-3-4-6-21(20)39-22/h3-10H,1-2H3. The molecule has 0 atom stereocenters. The van der Waals surface area contributed by atoms with Gasteiger partial charge in [0.1, 0.15) is 17.7 Å². The second kappa shape index (κ2) is 9.63. The molecule has 0 N–H and O–H groups in total. The molecular weight excluding hydrogens is 595 g/mol. The van der Waals surface area contributed by atoms with E-state index in [-0.39, 0.29) is 25.8 Å². The molecule has 3 aromatic rings. The first-order chi connectivity index (χ1) is 18.3. The third-order valence-corrected chi connectivity index (χ3v) is 10.6. The lowest BCUT2D eigenvalue weighted by Crippen LogP contribution is -2.48. The van der Waals surface area contributed by atoms with Crippen molar-refractivity contribution in [3.8, 4) is 12.1 Å². The van der Waals surface area contributed by atoms with Gasteiger partial charge in [-0.25, -0.2) is 0 Å². The molecule has 39 heavy (non-hydrogen) atoms. The Kier molecular flexibility index (Phi) is 6.83. The highest BCUT2D eigenvalue weighted by molar-refractivity contribution is 8.25. The van der Waals surface area contributed by atoms with E-state index < -0.39 is 34.5 Å². The molecule has 198 valence electrons. The van der Waals surface area contributed by atoms with Crippen molar-refractivity contribution < 1.29 is 26.3 Å². The summed E-state index contributed by atoms with van der Waals surface area (Å²) in [5, 5.41) is 18.0. The van der Waals surface area contributed by atoms with Gasteiger partial charge in [0.25, 0.3) is 0 Å². The van der Waals surface area contributed by atoms with Crippen LogP contribution in [0.3, 0.4) is 0 Å². The molecule has 12 heteroatoms. The minimum atomic E-state index is -5.68. The normalized spacial score (nSPS) is 18.5. The number of halogens is 6. The van der Waals surface area contributed by atoms with E-state index in [1.54, 1.807) is 18.2 Å². The second-order valence-electron chi connectivity index (χ2n) is 8.61. The van der Waals surface area contributed by atoms with E-state index in [2.05, 4.69) is 0 Å². The van der Waals surface area contributed by atoms with Crippen molar-refractivity contribution >= 4 is 69.5 Å². The molecule has 2 nitrogen and oxygen atoms in total. The topological polar surface area (TPSA) is 47.6 Å². The summed E-state index contributed by atoms with van der Waals surface area (Å²) in [5.41, 5.74) is -4.04. The maximum Gasteiger partial charge on any atom is 0.380 e. The van der Waals surface area contributed by atoms with Crippen molar-refractivity contribution in [3.05, 3.63) is 76.8 Å². The van der Waals surface area contributed by atoms with Crippen LogP contribution < -0.4 is 0 Å². The molecule has 0 unspecified atom stereocenters. The number of alkyl halides is 6. The number of rotatable bonds is 4. The molecule has 0 amide bonds. The summed E-state index contributed by atoms with van der Waals surface area (Å²) in [6.45, 7) is 2.77. The van der Waals surface area contributed by atoms with Crippen LogP contribution in [0.1, 0.15) is 30.6 Å². The van der Waals surface area contributed by atoms with Crippen LogP contribution in [0, 0.1) is 36.5 Å². The number of allylic oxidation sites excluding steroid dienone is 3. The zero-order valence-corrected chi connectivity index (χ0v) is 23.2. The highest BCUT2D eigenvalue weighted by Gasteiger charge is 2.80. The monoisotopic (exact) mass is 608 g/mol. The molecule has 0 saturated heterocycles. The number of hydrogen-bond donors (Lipinski definition) is 0. The van der Waals surface area contributed by atoms with E-state index in [1.165, 1.54) is 43.4 Å². The quantitative estimate of drug-likeness (QED) is 0.219. The molecule has 1 aliphatic carbocycles. The predicted molar refractivity (Wildman–Crippen MR) is 145 cm³/mol. The predicted octanol–water partition coefficient (Wildman–Crippen LogP) is 9.88. The van der Waals surface area contributed by atoms with Gasteiger partial charge in [0.2, 0.25) is 0 Å². The molecule has 2 aromatic heterocycles. The molecule has 0 saturated carbocycles. The molecular formula is C27H14F6N2S4. The number of hydrogen-bond acceptors (Lipinski definition) is 6. The number of aryl methyl sites for hydroxylation is 2. The molecule has 2 aliphatic rings. The van der Waals surface area contributed by atoms with Gasteiger partial charge in [-0.05, 0) is 61.4 Å². The molecule has 1 aliphatic heterocycles. The average Bonchev–Trinajstić information content (AvgIpc) is 3.57. The van der Waals surface area contributed by atoms with Crippen LogP contribution in [-0.4, -0.2) is 17.8 Å². The lowest BCUT2D eigenvalue weighted by atomic mass is 9.95. The Bertz CT molecular complexity index is 1650. The second-order valence-corrected chi connectivity index (χ2v) is 13.6. The van der Waals surface area contributed by atoms with Crippen molar-refractivity contribution in [1.82, 2.24) is 0 Å². The van der Waals surface area contributed by atoms with E-state index in [0.717, 1.165) is 48.8 Å². The van der Waals surface area contributed by atoms with Crippen molar-refractivity contribution in [2.24, 2.45) is 0 Å². The minimum absolute atomic E-state index is 0.0731. The van der Waals surface area contributed by atoms with Crippen LogP contribution >= 0.6 is 46.2 Å². The van der Waals surface area contributed by atoms with Gasteiger partial charge in [-0.3, -0.25) is 0 Å². The molecule has 0 spiro atoms. The molecule has 0 radical (unpaired) electrons. The zero-order valence-electron chi connectivity index (χ0n) is 19.9. The third kappa shape index (κ3) is 4.34. The van der Waals surface area contributed by atoms with Gasteiger partial charge in [-0.1, -0.05) is 35.7 Å². The lowest BCUT2D eigenvalue weighted by molar-refractivity contribution is -0.254. The molecule has 1 aromatic carbocycles. The summed E-state index contributed by atoms with van der Waals surface area (Å²) in [5.74, 6) is -16.0. The Hall–Kier alpha value is -2.90. The summed E-state index contributed by atoms with van der Waals surface area (Å²) in [7, 11) is 0. The average molecular weight is 609 g/mol. The fraction of sp³-hybridized carbons (Fsp3) is 0.185. The Labute approximate surface area is 236 Å². The molecule has 3 heterocycles. The van der Waals surface area contributed by atoms with Gasteiger partial charge < -0.3 is 0 Å². The van der Waals surface area contributed by atoms with Crippen LogP contribution in [0.2, 0.25) is 0 Å². The van der Waals surface area contributed by atoms with E-state index in [9.17, 15) is 8.78 Å². The van der Waals surface area contributed by atoms with Crippen LogP contribution in [0.15, 0.2) is 56.0 Å². The van der Waals surface area contributed by atoms with Gasteiger partial charge in [0.05, 0.1) is 4.24 Å². The summed E-state index contributed by atoms with van der Waals surface area (Å²) >= 11 is 4.82. The fourth-order valence-electron chi connectivity index (χ4n) is 4.34. The number of benzene rings is 1. The molecule has 0 fully saturated rings. The van der Waals surface area contributed by atoms with Gasteiger partial charge >= 0.3 is 17.8 Å². The van der Waals surface area contributed by atoms with Gasteiger partial charge in [0.15, 0.2) is 0 Å². The third-order valence-electron chi connectivity index (χ3n) is 6.14. The van der Waals surface area contributed by atoms with Gasteiger partial charge in [-0.15, -0.1) is 22.7 Å². The van der Waals surface area contributed by atoms with Crippen molar-refractivity contribution in [1.29, 1.82) is 10.5 Å². The Morgan fingerprint density at radius 3 is 1.72 bits per heavy atom. The number of thioether (sulfide) groups is 2. The van der Waals surface area contributed by atoms with Crippen LogP contribution in [0.4, 0.5) is 26.3 Å². The zero-order chi connectivity index (χ0) is 28.3. The summed E-state index contributed by atoms with van der Waals surface area (Å²) in [6.07, 6.45) is 2.82. The fourth-order valence-corrected chi connectivity index (χ4v) is 8.84. The maximum atomic E-state index is 15.3. The number of fused-ring (bicyclic) bond motifs is 1. The first-order valence-electron chi connectivity index (χ1n) is 11.1. The number of nitriles is 2. The first-order valence-corrected chi connectivity index (χ1v) is 14.4. The summed E-state index contributed by atoms with van der Waals surface area (Å²) in [4.78, 5) is 2.89. The van der Waals surface area contributed by atoms with E-state index in [1.807, 2.05) is 24.3 Å². The number of thiophene rings is 2. The maximum absolute atomic E-state index is 15.3. The number of nitrogens with zero attached hydrogens (tertiary/aromatic N) is 2. The summed E-state index contributed by atoms with van der Waals surface area (Å²) < 4.78 is 91.7. The molecule has 5 rings (SSSR count). The SMILES string of the molecule is Cc1sc(C=C(C#N)C#N)cc1C1=C(c2cc(C=C3Sc4ccccc4S3)sc2C)C(F)(F)C(F)(F)C1(F)F. The Morgan fingerprint density at radius 2 is 1.23 bits per heavy atom. The highest BCUT2D eigenvalue weighted by Crippen LogP contribution is 2.66. The van der Waals surface area contributed by atoms with E-state index >= 15 is 17.6 Å². The highest BCUT2D eigenvalue weighted by atomic mass is 32.2. The smallest absolute Gasteiger partial charge is 0.194 e.